The van der Waals surface area contributed by atoms with Crippen molar-refractivity contribution in [2.24, 2.45) is 0 Å². The minimum absolute atomic E-state index is 0.291. The van der Waals surface area contributed by atoms with Crippen LogP contribution in [0.5, 0.6) is 5.75 Å². The molecule has 0 amide bonds. The fraction of sp³-hybridized carbons (Fsp3) is 0.100. The number of hydrogen-bond acceptors (Lipinski definition) is 3. The zero-order valence-electron chi connectivity index (χ0n) is 7.12. The minimum atomic E-state index is 0.291. The summed E-state index contributed by atoms with van der Waals surface area (Å²) in [7, 11) is 0. The van der Waals surface area contributed by atoms with Gasteiger partial charge in [0.2, 0.25) is 0 Å². The van der Waals surface area contributed by atoms with E-state index in [-0.39, 0.29) is 0 Å². The molecule has 1 N–H and O–H groups in total. The number of rotatable bonds is 1. The molecule has 70 valence electrons. The van der Waals surface area contributed by atoms with Crippen molar-refractivity contribution in [3.05, 3.63) is 28.6 Å². The van der Waals surface area contributed by atoms with Crippen LogP contribution in [0.15, 0.2) is 18.2 Å². The van der Waals surface area contributed by atoms with Crippen molar-refractivity contribution in [1.29, 1.82) is 5.26 Å². The molecule has 0 bridgehead atoms. The van der Waals surface area contributed by atoms with E-state index in [4.69, 9.17) is 5.26 Å². The van der Waals surface area contributed by atoms with Crippen LogP contribution in [-0.2, 0) is 5.33 Å². The van der Waals surface area contributed by atoms with E-state index < -0.39 is 0 Å². The topological polar surface area (TPSA) is 44.0 Å². The maximum absolute atomic E-state index is 9.78. The largest absolute Gasteiger partial charge is 0.506 e. The van der Waals surface area contributed by atoms with Crippen LogP contribution in [-0.4, -0.2) is 5.11 Å². The van der Waals surface area contributed by atoms with Gasteiger partial charge in [0, 0.05) is 15.4 Å². The first-order chi connectivity index (χ1) is 6.76. The molecule has 0 atom stereocenters. The van der Waals surface area contributed by atoms with Gasteiger partial charge in [-0.2, -0.15) is 5.26 Å². The summed E-state index contributed by atoms with van der Waals surface area (Å²) in [5.74, 6) is 0.291. The van der Waals surface area contributed by atoms with E-state index in [0.29, 0.717) is 16.6 Å². The Hall–Kier alpha value is -1.05. The quantitative estimate of drug-likeness (QED) is 0.806. The average molecular weight is 268 g/mol. The lowest BCUT2D eigenvalue weighted by Crippen LogP contribution is -1.72. The summed E-state index contributed by atoms with van der Waals surface area (Å²) >= 11 is 4.84. The highest BCUT2D eigenvalue weighted by Crippen LogP contribution is 2.38. The van der Waals surface area contributed by atoms with Crippen molar-refractivity contribution in [1.82, 2.24) is 0 Å². The van der Waals surface area contributed by atoms with Gasteiger partial charge in [0.1, 0.15) is 5.75 Å². The molecule has 0 fully saturated rings. The maximum atomic E-state index is 9.78. The number of nitriles is 1. The van der Waals surface area contributed by atoms with Crippen LogP contribution < -0.4 is 0 Å². The minimum Gasteiger partial charge on any atom is -0.506 e. The summed E-state index contributed by atoms with van der Waals surface area (Å²) in [6.45, 7) is 0. The summed E-state index contributed by atoms with van der Waals surface area (Å²) < 4.78 is 1.01. The van der Waals surface area contributed by atoms with Gasteiger partial charge in [0.25, 0.3) is 0 Å². The van der Waals surface area contributed by atoms with E-state index in [2.05, 4.69) is 22.0 Å². The number of hydrogen-bond donors (Lipinski definition) is 1. The smallest absolute Gasteiger partial charge is 0.138 e. The van der Waals surface area contributed by atoms with E-state index in [1.807, 2.05) is 6.07 Å². The molecular formula is C10H6BrNOS. The van der Waals surface area contributed by atoms with Gasteiger partial charge >= 0.3 is 0 Å². The van der Waals surface area contributed by atoms with Crippen LogP contribution in [0.25, 0.3) is 10.1 Å². The van der Waals surface area contributed by atoms with Crippen LogP contribution in [0.2, 0.25) is 0 Å². The van der Waals surface area contributed by atoms with Crippen LogP contribution in [0.3, 0.4) is 0 Å². The van der Waals surface area contributed by atoms with Gasteiger partial charge in [-0.25, -0.2) is 0 Å². The standard InChI is InChI=1S/C10H6BrNOS/c11-4-9-10(13)7-3-6(5-12)1-2-8(7)14-9/h1-3,13H,4H2. The Kier molecular flexibility index (Phi) is 2.44. The van der Waals surface area contributed by atoms with Crippen molar-refractivity contribution in [3.63, 3.8) is 0 Å². The molecule has 0 aliphatic heterocycles. The van der Waals surface area contributed by atoms with Crippen LogP contribution in [0.4, 0.5) is 0 Å². The molecule has 0 saturated heterocycles. The Morgan fingerprint density at radius 2 is 2.29 bits per heavy atom. The van der Waals surface area contributed by atoms with Crippen molar-refractivity contribution >= 4 is 37.4 Å². The molecule has 0 aliphatic rings. The highest BCUT2D eigenvalue weighted by atomic mass is 79.9. The van der Waals surface area contributed by atoms with Gasteiger partial charge < -0.3 is 5.11 Å². The molecule has 0 unspecified atom stereocenters. The molecule has 1 aromatic carbocycles. The number of thiophene rings is 1. The Morgan fingerprint density at radius 3 is 2.93 bits per heavy atom. The Labute approximate surface area is 93.5 Å². The third-order valence-corrected chi connectivity index (χ3v) is 4.07. The second-order valence-corrected chi connectivity index (χ2v) is 4.53. The molecular weight excluding hydrogens is 262 g/mol. The van der Waals surface area contributed by atoms with Crippen molar-refractivity contribution in [2.45, 2.75) is 5.33 Å². The third-order valence-electron chi connectivity index (χ3n) is 1.98. The summed E-state index contributed by atoms with van der Waals surface area (Å²) in [5.41, 5.74) is 0.576. The summed E-state index contributed by atoms with van der Waals surface area (Å²) in [5, 5.41) is 19.9. The first kappa shape index (κ1) is 9.50. The number of fused-ring (bicyclic) bond motifs is 1. The molecule has 0 saturated carbocycles. The van der Waals surface area contributed by atoms with E-state index in [0.717, 1.165) is 15.0 Å². The SMILES string of the molecule is N#Cc1ccc2sc(CBr)c(O)c2c1. The number of aromatic hydroxyl groups is 1. The van der Waals surface area contributed by atoms with E-state index in [1.54, 1.807) is 12.1 Å². The zero-order chi connectivity index (χ0) is 10.1. The third kappa shape index (κ3) is 1.39. The molecule has 1 aromatic heterocycles. The van der Waals surface area contributed by atoms with Gasteiger partial charge in [-0.05, 0) is 18.2 Å². The highest BCUT2D eigenvalue weighted by Gasteiger charge is 2.10. The fourth-order valence-electron chi connectivity index (χ4n) is 1.30. The zero-order valence-corrected chi connectivity index (χ0v) is 9.52. The Balaban J connectivity index is 2.75. The molecule has 2 rings (SSSR count). The predicted molar refractivity (Wildman–Crippen MR) is 60.8 cm³/mol. The van der Waals surface area contributed by atoms with E-state index in [9.17, 15) is 5.11 Å². The molecule has 1 heterocycles. The van der Waals surface area contributed by atoms with Gasteiger partial charge in [0.15, 0.2) is 0 Å². The number of benzene rings is 1. The van der Waals surface area contributed by atoms with E-state index in [1.165, 1.54) is 11.3 Å². The second-order valence-electron chi connectivity index (χ2n) is 2.83. The van der Waals surface area contributed by atoms with Gasteiger partial charge in [0.05, 0.1) is 16.5 Å². The lowest BCUT2D eigenvalue weighted by atomic mass is 10.2. The van der Waals surface area contributed by atoms with Crippen molar-refractivity contribution in [2.75, 3.05) is 0 Å². The Morgan fingerprint density at radius 1 is 1.50 bits per heavy atom. The lowest BCUT2D eigenvalue weighted by Gasteiger charge is -1.92. The lowest BCUT2D eigenvalue weighted by molar-refractivity contribution is 0.480. The summed E-state index contributed by atoms with van der Waals surface area (Å²) in [6.07, 6.45) is 0. The van der Waals surface area contributed by atoms with Gasteiger partial charge in [-0.15, -0.1) is 11.3 Å². The molecule has 4 heteroatoms. The molecule has 0 spiro atoms. The monoisotopic (exact) mass is 267 g/mol. The molecule has 0 radical (unpaired) electrons. The molecule has 2 nitrogen and oxygen atoms in total. The van der Waals surface area contributed by atoms with Crippen LogP contribution in [0, 0.1) is 11.3 Å². The van der Waals surface area contributed by atoms with Crippen LogP contribution >= 0.6 is 27.3 Å². The summed E-state index contributed by atoms with van der Waals surface area (Å²) in [4.78, 5) is 0.898. The first-order valence-corrected chi connectivity index (χ1v) is 5.90. The fourth-order valence-corrected chi connectivity index (χ4v) is 2.83. The number of alkyl halides is 1. The molecule has 2 aromatic rings. The summed E-state index contributed by atoms with van der Waals surface area (Å²) in [6, 6.07) is 7.40. The molecule has 0 aliphatic carbocycles. The number of nitrogens with zero attached hydrogens (tertiary/aromatic N) is 1. The average Bonchev–Trinajstić information content (AvgIpc) is 2.55. The normalized spacial score (nSPS) is 10.3. The highest BCUT2D eigenvalue weighted by molar-refractivity contribution is 9.08. The van der Waals surface area contributed by atoms with Gasteiger partial charge in [-0.3, -0.25) is 0 Å². The maximum Gasteiger partial charge on any atom is 0.138 e. The predicted octanol–water partition coefficient (Wildman–Crippen LogP) is 3.37. The Bertz CT molecular complexity index is 527. The first-order valence-electron chi connectivity index (χ1n) is 3.96. The van der Waals surface area contributed by atoms with Crippen molar-refractivity contribution in [3.8, 4) is 11.8 Å². The van der Waals surface area contributed by atoms with Crippen molar-refractivity contribution < 1.29 is 5.11 Å². The van der Waals surface area contributed by atoms with E-state index >= 15 is 0 Å². The van der Waals surface area contributed by atoms with Gasteiger partial charge in [-0.1, -0.05) is 15.9 Å². The number of halogens is 1. The van der Waals surface area contributed by atoms with Crippen LogP contribution in [0.1, 0.15) is 10.4 Å². The molecule has 14 heavy (non-hydrogen) atoms. The second kappa shape index (κ2) is 3.60.